The summed E-state index contributed by atoms with van der Waals surface area (Å²) < 4.78 is 1.73. The van der Waals surface area contributed by atoms with Gasteiger partial charge in [0.2, 0.25) is 0 Å². The Labute approximate surface area is 116 Å². The molecule has 0 fully saturated rings. The molecule has 20 heavy (non-hydrogen) atoms. The number of rotatable bonds is 5. The van der Waals surface area contributed by atoms with Crippen LogP contribution in [0.4, 0.5) is 0 Å². The fraction of sp³-hybridized carbons (Fsp3) is 0.143. The Morgan fingerprint density at radius 3 is 2.70 bits per heavy atom. The smallest absolute Gasteiger partial charge is 0.170 e. The Morgan fingerprint density at radius 2 is 1.90 bits per heavy atom. The SMILES string of the molecule is c1ccc(-n2nnnc2CNCc2cccnc2)cc1. The van der Waals surface area contributed by atoms with Crippen LogP contribution in [0.5, 0.6) is 0 Å². The molecule has 3 rings (SSSR count). The van der Waals surface area contributed by atoms with Gasteiger partial charge in [0.05, 0.1) is 12.2 Å². The van der Waals surface area contributed by atoms with E-state index in [1.165, 1.54) is 0 Å². The molecule has 1 N–H and O–H groups in total. The summed E-state index contributed by atoms with van der Waals surface area (Å²) in [6.07, 6.45) is 3.60. The van der Waals surface area contributed by atoms with Gasteiger partial charge < -0.3 is 5.32 Å². The minimum atomic E-state index is 0.594. The van der Waals surface area contributed by atoms with Gasteiger partial charge in [0.15, 0.2) is 5.82 Å². The fourth-order valence-electron chi connectivity index (χ4n) is 1.91. The fourth-order valence-corrected chi connectivity index (χ4v) is 1.91. The van der Waals surface area contributed by atoms with Crippen LogP contribution in [0.15, 0.2) is 54.9 Å². The van der Waals surface area contributed by atoms with Gasteiger partial charge in [0, 0.05) is 18.9 Å². The standard InChI is InChI=1S/C14H14N6/c1-2-6-13(7-3-1)20-14(17-18-19-20)11-16-10-12-5-4-8-15-9-12/h1-9,16H,10-11H2. The topological polar surface area (TPSA) is 68.5 Å². The molecule has 1 aromatic carbocycles. The van der Waals surface area contributed by atoms with Crippen molar-refractivity contribution >= 4 is 0 Å². The molecule has 0 saturated carbocycles. The Hall–Kier alpha value is -2.60. The molecular weight excluding hydrogens is 252 g/mol. The Kier molecular flexibility index (Phi) is 3.75. The van der Waals surface area contributed by atoms with Crippen molar-refractivity contribution in [2.24, 2.45) is 0 Å². The molecule has 3 aromatic rings. The molecule has 100 valence electrons. The Morgan fingerprint density at radius 1 is 1.00 bits per heavy atom. The highest BCUT2D eigenvalue weighted by Gasteiger charge is 2.07. The van der Waals surface area contributed by atoms with E-state index >= 15 is 0 Å². The van der Waals surface area contributed by atoms with E-state index in [0.29, 0.717) is 6.54 Å². The summed E-state index contributed by atoms with van der Waals surface area (Å²) in [4.78, 5) is 4.08. The number of hydrogen-bond acceptors (Lipinski definition) is 5. The highest BCUT2D eigenvalue weighted by molar-refractivity contribution is 5.30. The second kappa shape index (κ2) is 6.03. The molecule has 2 aromatic heterocycles. The number of aromatic nitrogens is 5. The minimum absolute atomic E-state index is 0.594. The molecule has 2 heterocycles. The molecule has 0 amide bonds. The molecule has 0 unspecified atom stereocenters. The molecule has 0 atom stereocenters. The van der Waals surface area contributed by atoms with E-state index in [9.17, 15) is 0 Å². The van der Waals surface area contributed by atoms with E-state index < -0.39 is 0 Å². The second-order valence-electron chi connectivity index (χ2n) is 4.31. The molecule has 0 aliphatic rings. The quantitative estimate of drug-likeness (QED) is 0.755. The van der Waals surface area contributed by atoms with Crippen molar-refractivity contribution in [3.8, 4) is 5.69 Å². The van der Waals surface area contributed by atoms with Crippen molar-refractivity contribution < 1.29 is 0 Å². The van der Waals surface area contributed by atoms with Crippen molar-refractivity contribution in [2.75, 3.05) is 0 Å². The van der Waals surface area contributed by atoms with Gasteiger partial charge in [0.1, 0.15) is 0 Å². The molecule has 6 nitrogen and oxygen atoms in total. The Balaban J connectivity index is 1.66. The first-order valence-corrected chi connectivity index (χ1v) is 6.36. The minimum Gasteiger partial charge on any atom is -0.306 e. The lowest BCUT2D eigenvalue weighted by molar-refractivity contribution is 0.640. The zero-order chi connectivity index (χ0) is 13.6. The van der Waals surface area contributed by atoms with Crippen molar-refractivity contribution in [3.63, 3.8) is 0 Å². The first-order valence-electron chi connectivity index (χ1n) is 6.36. The zero-order valence-electron chi connectivity index (χ0n) is 10.8. The van der Waals surface area contributed by atoms with Crippen LogP contribution >= 0.6 is 0 Å². The molecular formula is C14H14N6. The number of benzene rings is 1. The van der Waals surface area contributed by atoms with Gasteiger partial charge in [-0.2, -0.15) is 4.68 Å². The normalized spacial score (nSPS) is 10.6. The summed E-state index contributed by atoms with van der Waals surface area (Å²) in [5, 5.41) is 15.1. The number of hydrogen-bond donors (Lipinski definition) is 1. The van der Waals surface area contributed by atoms with Crippen molar-refractivity contribution in [2.45, 2.75) is 13.1 Å². The van der Waals surface area contributed by atoms with Gasteiger partial charge in [-0.15, -0.1) is 5.10 Å². The van der Waals surface area contributed by atoms with Crippen LogP contribution in [0.1, 0.15) is 11.4 Å². The van der Waals surface area contributed by atoms with Crippen molar-refractivity contribution in [3.05, 3.63) is 66.2 Å². The molecule has 0 bridgehead atoms. The summed E-state index contributed by atoms with van der Waals surface area (Å²) in [7, 11) is 0. The molecule has 0 radical (unpaired) electrons. The maximum absolute atomic E-state index is 4.08. The van der Waals surface area contributed by atoms with E-state index in [2.05, 4.69) is 25.8 Å². The summed E-state index contributed by atoms with van der Waals surface area (Å²) >= 11 is 0. The van der Waals surface area contributed by atoms with Crippen molar-refractivity contribution in [1.29, 1.82) is 0 Å². The number of nitrogens with one attached hydrogen (secondary N) is 1. The molecule has 0 saturated heterocycles. The van der Waals surface area contributed by atoms with Crippen LogP contribution in [-0.4, -0.2) is 25.2 Å². The van der Waals surface area contributed by atoms with E-state index in [1.54, 1.807) is 10.9 Å². The largest absolute Gasteiger partial charge is 0.306 e. The monoisotopic (exact) mass is 266 g/mol. The molecule has 0 aliphatic carbocycles. The molecule has 0 aliphatic heterocycles. The van der Waals surface area contributed by atoms with Crippen LogP contribution in [-0.2, 0) is 13.1 Å². The lowest BCUT2D eigenvalue weighted by atomic mass is 10.3. The Bertz CT molecular complexity index is 650. The number of nitrogens with zero attached hydrogens (tertiary/aromatic N) is 5. The van der Waals surface area contributed by atoms with Gasteiger partial charge in [-0.25, -0.2) is 0 Å². The third-order valence-electron chi connectivity index (χ3n) is 2.87. The maximum atomic E-state index is 4.08. The van der Waals surface area contributed by atoms with Gasteiger partial charge >= 0.3 is 0 Å². The van der Waals surface area contributed by atoms with Crippen molar-refractivity contribution in [1.82, 2.24) is 30.5 Å². The van der Waals surface area contributed by atoms with Gasteiger partial charge in [-0.1, -0.05) is 24.3 Å². The average molecular weight is 266 g/mol. The third kappa shape index (κ3) is 2.86. The van der Waals surface area contributed by atoms with Crippen LogP contribution in [0.25, 0.3) is 5.69 Å². The molecule has 0 spiro atoms. The highest BCUT2D eigenvalue weighted by Crippen LogP contribution is 2.06. The van der Waals surface area contributed by atoms with E-state index in [1.807, 2.05) is 48.7 Å². The van der Waals surface area contributed by atoms with Gasteiger partial charge in [0.25, 0.3) is 0 Å². The van der Waals surface area contributed by atoms with Crippen LogP contribution in [0.2, 0.25) is 0 Å². The number of tetrazole rings is 1. The zero-order valence-corrected chi connectivity index (χ0v) is 10.8. The number of pyridine rings is 1. The summed E-state index contributed by atoms with van der Waals surface area (Å²) in [6, 6.07) is 13.8. The average Bonchev–Trinajstić information content (AvgIpc) is 2.98. The van der Waals surface area contributed by atoms with Crippen LogP contribution < -0.4 is 5.32 Å². The first-order chi connectivity index (χ1) is 9.93. The summed E-state index contributed by atoms with van der Waals surface area (Å²) in [6.45, 7) is 1.33. The second-order valence-corrected chi connectivity index (χ2v) is 4.31. The summed E-state index contributed by atoms with van der Waals surface area (Å²) in [5.41, 5.74) is 2.09. The lowest BCUT2D eigenvalue weighted by Gasteiger charge is -2.05. The van der Waals surface area contributed by atoms with Gasteiger partial charge in [-0.3, -0.25) is 4.98 Å². The maximum Gasteiger partial charge on any atom is 0.170 e. The van der Waals surface area contributed by atoms with E-state index in [0.717, 1.165) is 23.6 Å². The summed E-state index contributed by atoms with van der Waals surface area (Å²) in [5.74, 6) is 0.778. The third-order valence-corrected chi connectivity index (χ3v) is 2.87. The number of para-hydroxylation sites is 1. The first kappa shape index (κ1) is 12.4. The van der Waals surface area contributed by atoms with Crippen LogP contribution in [0.3, 0.4) is 0 Å². The predicted molar refractivity (Wildman–Crippen MR) is 73.9 cm³/mol. The van der Waals surface area contributed by atoms with E-state index in [4.69, 9.17) is 0 Å². The lowest BCUT2D eigenvalue weighted by Crippen LogP contribution is -2.16. The van der Waals surface area contributed by atoms with Crippen LogP contribution in [0, 0.1) is 0 Å². The predicted octanol–water partition coefficient (Wildman–Crippen LogP) is 1.35. The highest BCUT2D eigenvalue weighted by atomic mass is 15.5. The van der Waals surface area contributed by atoms with E-state index in [-0.39, 0.29) is 0 Å². The van der Waals surface area contributed by atoms with Gasteiger partial charge in [-0.05, 0) is 34.2 Å². The molecule has 6 heteroatoms.